The number of halogens is 1. The van der Waals surface area contributed by atoms with E-state index in [1.807, 2.05) is 13.0 Å². The molecule has 0 aromatic heterocycles. The lowest BCUT2D eigenvalue weighted by Crippen LogP contribution is -2.35. The zero-order valence-corrected chi connectivity index (χ0v) is 10.7. The first-order chi connectivity index (χ1) is 8.58. The van der Waals surface area contributed by atoms with Crippen LogP contribution in [0.4, 0.5) is 4.39 Å². The zero-order chi connectivity index (χ0) is 13.1. The first kappa shape index (κ1) is 13.0. The molecule has 1 aromatic carbocycles. The van der Waals surface area contributed by atoms with Gasteiger partial charge in [-0.15, -0.1) is 0 Å². The van der Waals surface area contributed by atoms with Crippen LogP contribution in [0.3, 0.4) is 0 Å². The molecule has 0 aliphatic carbocycles. The first-order valence-electron chi connectivity index (χ1n) is 6.34. The van der Waals surface area contributed by atoms with Crippen molar-refractivity contribution in [3.8, 4) is 0 Å². The minimum atomic E-state index is -0.274. The van der Waals surface area contributed by atoms with Gasteiger partial charge in [0.25, 0.3) is 0 Å². The Morgan fingerprint density at radius 3 is 2.89 bits per heavy atom. The van der Waals surface area contributed by atoms with Gasteiger partial charge in [0, 0.05) is 6.54 Å². The van der Waals surface area contributed by atoms with Gasteiger partial charge in [0.15, 0.2) is 0 Å². The lowest BCUT2D eigenvalue weighted by atomic mass is 9.96. The van der Waals surface area contributed by atoms with Crippen molar-refractivity contribution in [2.45, 2.75) is 19.9 Å². The van der Waals surface area contributed by atoms with E-state index >= 15 is 0 Å². The van der Waals surface area contributed by atoms with Gasteiger partial charge in [0.2, 0.25) is 5.91 Å². The molecule has 1 aliphatic rings. The molecule has 0 spiro atoms. The number of carbonyl (C=O) groups excluding carboxylic acids is 1. The molecule has 2 rings (SSSR count). The number of amides is 1. The number of carbonyl (C=O) groups is 1. The summed E-state index contributed by atoms with van der Waals surface area (Å²) in [6, 6.07) is 6.18. The van der Waals surface area contributed by atoms with Crippen molar-refractivity contribution in [2.24, 2.45) is 11.8 Å². The summed E-state index contributed by atoms with van der Waals surface area (Å²) in [5.74, 6) is 0.138. The van der Waals surface area contributed by atoms with Crippen LogP contribution in [0.25, 0.3) is 0 Å². The van der Waals surface area contributed by atoms with E-state index in [-0.39, 0.29) is 23.7 Å². The molecule has 1 unspecified atom stereocenters. The maximum Gasteiger partial charge on any atom is 0.225 e. The average Bonchev–Trinajstić information content (AvgIpc) is 2.75. The topological polar surface area (TPSA) is 41.1 Å². The monoisotopic (exact) mass is 250 g/mol. The van der Waals surface area contributed by atoms with E-state index in [0.717, 1.165) is 18.7 Å². The van der Waals surface area contributed by atoms with E-state index in [2.05, 4.69) is 17.6 Å². The van der Waals surface area contributed by atoms with Crippen LogP contribution >= 0.6 is 0 Å². The Bertz CT molecular complexity index is 436. The molecule has 1 fully saturated rings. The van der Waals surface area contributed by atoms with Gasteiger partial charge in [-0.3, -0.25) is 4.79 Å². The largest absolute Gasteiger partial charge is 0.349 e. The summed E-state index contributed by atoms with van der Waals surface area (Å²) in [5.41, 5.74) is 0.793. The third kappa shape index (κ3) is 2.88. The lowest BCUT2D eigenvalue weighted by Gasteiger charge is -2.19. The summed E-state index contributed by atoms with van der Waals surface area (Å²) >= 11 is 0. The summed E-state index contributed by atoms with van der Waals surface area (Å²) in [5, 5.41) is 6.15. The quantitative estimate of drug-likeness (QED) is 0.859. The molecular formula is C14H19FN2O. The highest BCUT2D eigenvalue weighted by Gasteiger charge is 2.30. The van der Waals surface area contributed by atoms with Crippen LogP contribution in [0.1, 0.15) is 25.5 Å². The van der Waals surface area contributed by atoms with Crippen molar-refractivity contribution >= 4 is 5.91 Å². The predicted molar refractivity (Wildman–Crippen MR) is 68.5 cm³/mol. The molecule has 98 valence electrons. The third-order valence-electron chi connectivity index (χ3n) is 3.56. The predicted octanol–water partition coefficient (Wildman–Crippen LogP) is 1.86. The summed E-state index contributed by atoms with van der Waals surface area (Å²) < 4.78 is 13.1. The summed E-state index contributed by atoms with van der Waals surface area (Å²) in [6.07, 6.45) is 0. The van der Waals surface area contributed by atoms with E-state index in [4.69, 9.17) is 0 Å². The second kappa shape index (κ2) is 5.48. The van der Waals surface area contributed by atoms with Crippen LogP contribution in [-0.4, -0.2) is 19.0 Å². The molecule has 3 nitrogen and oxygen atoms in total. The van der Waals surface area contributed by atoms with Gasteiger partial charge in [0.1, 0.15) is 5.82 Å². The molecule has 1 saturated heterocycles. The fourth-order valence-corrected chi connectivity index (χ4v) is 2.34. The molecule has 4 heteroatoms. The van der Waals surface area contributed by atoms with Gasteiger partial charge in [-0.25, -0.2) is 4.39 Å². The van der Waals surface area contributed by atoms with Crippen LogP contribution < -0.4 is 10.6 Å². The van der Waals surface area contributed by atoms with Crippen molar-refractivity contribution in [2.75, 3.05) is 13.1 Å². The van der Waals surface area contributed by atoms with Crippen molar-refractivity contribution < 1.29 is 9.18 Å². The van der Waals surface area contributed by atoms with E-state index in [9.17, 15) is 9.18 Å². The maximum atomic E-state index is 13.1. The average molecular weight is 250 g/mol. The normalized spacial score (nSPS) is 24.8. The number of hydrogen-bond acceptors (Lipinski definition) is 2. The Kier molecular flexibility index (Phi) is 3.97. The molecule has 3 atom stereocenters. The number of rotatable bonds is 3. The lowest BCUT2D eigenvalue weighted by molar-refractivity contribution is -0.126. The van der Waals surface area contributed by atoms with Gasteiger partial charge in [-0.05, 0) is 37.1 Å². The van der Waals surface area contributed by atoms with Crippen LogP contribution in [0.15, 0.2) is 24.3 Å². The van der Waals surface area contributed by atoms with E-state index in [1.54, 1.807) is 6.07 Å². The fraction of sp³-hybridized carbons (Fsp3) is 0.500. The van der Waals surface area contributed by atoms with Gasteiger partial charge < -0.3 is 10.6 Å². The zero-order valence-electron chi connectivity index (χ0n) is 10.7. The molecule has 1 heterocycles. The highest BCUT2D eigenvalue weighted by atomic mass is 19.1. The Hall–Kier alpha value is -1.42. The number of hydrogen-bond donors (Lipinski definition) is 2. The van der Waals surface area contributed by atoms with Gasteiger partial charge in [-0.2, -0.15) is 0 Å². The second-order valence-corrected chi connectivity index (χ2v) is 5.03. The Labute approximate surface area is 107 Å². The summed E-state index contributed by atoms with van der Waals surface area (Å²) in [6.45, 7) is 5.55. The van der Waals surface area contributed by atoms with Crippen molar-refractivity contribution in [1.29, 1.82) is 0 Å². The van der Waals surface area contributed by atoms with Crippen molar-refractivity contribution in [3.05, 3.63) is 35.6 Å². The summed E-state index contributed by atoms with van der Waals surface area (Å²) in [7, 11) is 0. The third-order valence-corrected chi connectivity index (χ3v) is 3.56. The standard InChI is InChI=1S/C14H19FN2O/c1-9-7-16-8-13(9)14(18)17-10(2)11-4-3-5-12(15)6-11/h3-6,9-10,13,16H,7-8H2,1-2H3,(H,17,18)/t9-,10?,13-/m1/s1. The molecule has 0 radical (unpaired) electrons. The number of benzene rings is 1. The Balaban J connectivity index is 1.98. The highest BCUT2D eigenvalue weighted by molar-refractivity contribution is 5.80. The van der Waals surface area contributed by atoms with Gasteiger partial charge in [0.05, 0.1) is 12.0 Å². The maximum absolute atomic E-state index is 13.1. The Morgan fingerprint density at radius 1 is 1.50 bits per heavy atom. The molecular weight excluding hydrogens is 231 g/mol. The van der Waals surface area contributed by atoms with Crippen molar-refractivity contribution in [1.82, 2.24) is 10.6 Å². The highest BCUT2D eigenvalue weighted by Crippen LogP contribution is 2.19. The minimum absolute atomic E-state index is 0.0148. The minimum Gasteiger partial charge on any atom is -0.349 e. The van der Waals surface area contributed by atoms with Crippen molar-refractivity contribution in [3.63, 3.8) is 0 Å². The molecule has 1 aliphatic heterocycles. The molecule has 1 aromatic rings. The molecule has 2 N–H and O–H groups in total. The summed E-state index contributed by atoms with van der Waals surface area (Å²) in [4.78, 5) is 12.1. The first-order valence-corrected chi connectivity index (χ1v) is 6.34. The van der Waals surface area contributed by atoms with Crippen LogP contribution in [-0.2, 0) is 4.79 Å². The van der Waals surface area contributed by atoms with Crippen LogP contribution in [0.5, 0.6) is 0 Å². The molecule has 0 bridgehead atoms. The number of nitrogens with one attached hydrogen (secondary N) is 2. The molecule has 0 saturated carbocycles. The molecule has 1 amide bonds. The van der Waals surface area contributed by atoms with E-state index in [1.165, 1.54) is 12.1 Å². The fourth-order valence-electron chi connectivity index (χ4n) is 2.34. The SMILES string of the molecule is CC(NC(=O)[C@@H]1CNC[C@H]1C)c1cccc(F)c1. The van der Waals surface area contributed by atoms with E-state index in [0.29, 0.717) is 5.92 Å². The smallest absolute Gasteiger partial charge is 0.225 e. The van der Waals surface area contributed by atoms with Crippen LogP contribution in [0.2, 0.25) is 0 Å². The molecule has 18 heavy (non-hydrogen) atoms. The van der Waals surface area contributed by atoms with E-state index < -0.39 is 0 Å². The van der Waals surface area contributed by atoms with Crippen LogP contribution in [0, 0.1) is 17.7 Å². The second-order valence-electron chi connectivity index (χ2n) is 5.03. The van der Waals surface area contributed by atoms with Gasteiger partial charge >= 0.3 is 0 Å². The van der Waals surface area contributed by atoms with Gasteiger partial charge in [-0.1, -0.05) is 19.1 Å². The Morgan fingerprint density at radius 2 is 2.28 bits per heavy atom.